The van der Waals surface area contributed by atoms with Crippen molar-refractivity contribution in [3.8, 4) is 0 Å². The highest BCUT2D eigenvalue weighted by Gasteiger charge is 2.34. The van der Waals surface area contributed by atoms with Crippen molar-refractivity contribution in [3.63, 3.8) is 0 Å². The molecule has 1 aromatic rings. The van der Waals surface area contributed by atoms with Crippen LogP contribution in [0, 0.1) is 0 Å². The number of carbonyl (C=O) groups is 2. The smallest absolute Gasteiger partial charge is 0.224 e. The zero-order valence-corrected chi connectivity index (χ0v) is 16.8. The molecule has 0 spiro atoms. The van der Waals surface area contributed by atoms with Crippen LogP contribution in [-0.4, -0.2) is 74.4 Å². The first-order valence-corrected chi connectivity index (χ1v) is 10.9. The van der Waals surface area contributed by atoms with Gasteiger partial charge >= 0.3 is 0 Å². The molecule has 0 unspecified atom stereocenters. The van der Waals surface area contributed by atoms with E-state index in [1.54, 1.807) is 16.9 Å². The molecular weight excluding hydrogens is 368 g/mol. The summed E-state index contributed by atoms with van der Waals surface area (Å²) < 4.78 is 28.6. The third-order valence-corrected chi connectivity index (χ3v) is 6.51. The lowest BCUT2D eigenvalue weighted by Gasteiger charge is -2.29. The summed E-state index contributed by atoms with van der Waals surface area (Å²) in [6.07, 6.45) is 0.616. The van der Waals surface area contributed by atoms with Gasteiger partial charge in [-0.3, -0.25) is 9.59 Å². The van der Waals surface area contributed by atoms with Crippen LogP contribution in [0.5, 0.6) is 0 Å². The van der Waals surface area contributed by atoms with Crippen molar-refractivity contribution in [1.29, 1.82) is 0 Å². The van der Waals surface area contributed by atoms with Crippen LogP contribution in [0.3, 0.4) is 0 Å². The monoisotopic (exact) mass is 396 g/mol. The average Bonchev–Trinajstić information content (AvgIpc) is 2.99. The molecule has 8 heteroatoms. The summed E-state index contributed by atoms with van der Waals surface area (Å²) in [4.78, 5) is 27.9. The highest BCUT2D eigenvalue weighted by atomic mass is 32.2. The lowest BCUT2D eigenvalue weighted by Crippen LogP contribution is -2.44. The number of nitrogens with zero attached hydrogens (tertiary/aromatic N) is 2. The van der Waals surface area contributed by atoms with Crippen LogP contribution in [0.15, 0.2) is 30.3 Å². The van der Waals surface area contributed by atoms with Gasteiger partial charge in [-0.2, -0.15) is 0 Å². The molecule has 1 atom stereocenters. The summed E-state index contributed by atoms with van der Waals surface area (Å²) in [6, 6.07) is 9.29. The Morgan fingerprint density at radius 1 is 1.19 bits per heavy atom. The van der Waals surface area contributed by atoms with E-state index in [1.165, 1.54) is 6.92 Å². The number of benzene rings is 1. The van der Waals surface area contributed by atoms with E-state index in [4.69, 9.17) is 4.74 Å². The molecule has 1 fully saturated rings. The molecule has 1 aromatic carbocycles. The normalized spacial score (nSPS) is 18.2. The molecule has 0 aliphatic carbocycles. The summed E-state index contributed by atoms with van der Waals surface area (Å²) in [6.45, 7) is 2.93. The fourth-order valence-corrected chi connectivity index (χ4v) is 4.98. The van der Waals surface area contributed by atoms with Crippen LogP contribution >= 0.6 is 0 Å². The Labute approximate surface area is 161 Å². The van der Waals surface area contributed by atoms with Gasteiger partial charge in [0.05, 0.1) is 18.1 Å². The van der Waals surface area contributed by atoms with Crippen LogP contribution in [0.25, 0.3) is 0 Å². The quantitative estimate of drug-likeness (QED) is 0.624. The molecule has 1 aliphatic rings. The Kier molecular flexibility index (Phi) is 7.79. The van der Waals surface area contributed by atoms with Crippen molar-refractivity contribution < 1.29 is 22.7 Å². The molecule has 0 N–H and O–H groups in total. The minimum absolute atomic E-state index is 0.00287. The molecule has 2 rings (SSSR count). The molecule has 0 saturated carbocycles. The summed E-state index contributed by atoms with van der Waals surface area (Å²) in [7, 11) is -1.54. The maximum absolute atomic E-state index is 12.8. The van der Waals surface area contributed by atoms with Gasteiger partial charge in [0, 0.05) is 46.1 Å². The third-order valence-electron chi connectivity index (χ3n) is 4.76. The zero-order chi connectivity index (χ0) is 19.9. The van der Waals surface area contributed by atoms with E-state index < -0.39 is 9.84 Å². The topological polar surface area (TPSA) is 84.0 Å². The van der Waals surface area contributed by atoms with Crippen molar-refractivity contribution in [2.45, 2.75) is 32.4 Å². The average molecular weight is 397 g/mol. The minimum atomic E-state index is -3.08. The van der Waals surface area contributed by atoms with E-state index >= 15 is 0 Å². The minimum Gasteiger partial charge on any atom is -0.383 e. The van der Waals surface area contributed by atoms with E-state index in [1.807, 2.05) is 30.3 Å². The molecule has 7 nitrogen and oxygen atoms in total. The third kappa shape index (κ3) is 6.62. The molecule has 1 heterocycles. The first kappa shape index (κ1) is 21.4. The number of sulfone groups is 1. The van der Waals surface area contributed by atoms with Gasteiger partial charge in [-0.25, -0.2) is 8.42 Å². The largest absolute Gasteiger partial charge is 0.383 e. The van der Waals surface area contributed by atoms with Gasteiger partial charge in [-0.05, 0) is 12.0 Å². The van der Waals surface area contributed by atoms with Crippen molar-refractivity contribution in [3.05, 3.63) is 35.9 Å². The van der Waals surface area contributed by atoms with E-state index in [0.29, 0.717) is 32.7 Å². The first-order chi connectivity index (χ1) is 12.8. The number of hydrogen-bond donors (Lipinski definition) is 0. The Hall–Kier alpha value is -1.93. The van der Waals surface area contributed by atoms with E-state index in [-0.39, 0.29) is 35.8 Å². The van der Waals surface area contributed by atoms with Crippen LogP contribution < -0.4 is 0 Å². The Bertz CT molecular complexity index is 736. The number of methoxy groups -OCH3 is 1. The van der Waals surface area contributed by atoms with Crippen molar-refractivity contribution in [2.24, 2.45) is 0 Å². The Balaban J connectivity index is 1.98. The fourth-order valence-electron chi connectivity index (χ4n) is 3.25. The second-order valence-electron chi connectivity index (χ2n) is 6.81. The lowest BCUT2D eigenvalue weighted by atomic mass is 10.2. The van der Waals surface area contributed by atoms with Gasteiger partial charge in [0.1, 0.15) is 0 Å². The molecule has 1 aliphatic heterocycles. The molecule has 0 bridgehead atoms. The van der Waals surface area contributed by atoms with Gasteiger partial charge in [-0.15, -0.1) is 0 Å². The van der Waals surface area contributed by atoms with Crippen molar-refractivity contribution >= 4 is 21.7 Å². The first-order valence-electron chi connectivity index (χ1n) is 9.10. The predicted octanol–water partition coefficient (Wildman–Crippen LogP) is 1.09. The zero-order valence-electron chi connectivity index (χ0n) is 16.0. The van der Waals surface area contributed by atoms with Gasteiger partial charge in [0.2, 0.25) is 11.8 Å². The predicted molar refractivity (Wildman–Crippen MR) is 103 cm³/mol. The molecule has 27 heavy (non-hydrogen) atoms. The number of amides is 2. The van der Waals surface area contributed by atoms with Crippen LogP contribution in [0.1, 0.15) is 25.3 Å². The highest BCUT2D eigenvalue weighted by Crippen LogP contribution is 2.19. The van der Waals surface area contributed by atoms with Crippen LogP contribution in [0.2, 0.25) is 0 Å². The van der Waals surface area contributed by atoms with Gasteiger partial charge < -0.3 is 14.5 Å². The van der Waals surface area contributed by atoms with Gasteiger partial charge in [0.15, 0.2) is 9.84 Å². The number of rotatable bonds is 9. The highest BCUT2D eigenvalue weighted by molar-refractivity contribution is 7.91. The van der Waals surface area contributed by atoms with E-state index in [2.05, 4.69) is 0 Å². The fraction of sp³-hybridized carbons (Fsp3) is 0.579. The van der Waals surface area contributed by atoms with Crippen molar-refractivity contribution in [1.82, 2.24) is 9.80 Å². The molecule has 0 aromatic heterocycles. The molecule has 150 valence electrons. The van der Waals surface area contributed by atoms with Gasteiger partial charge in [-0.1, -0.05) is 30.3 Å². The van der Waals surface area contributed by atoms with Gasteiger partial charge in [0.25, 0.3) is 0 Å². The Morgan fingerprint density at radius 2 is 1.89 bits per heavy atom. The lowest BCUT2D eigenvalue weighted by molar-refractivity contribution is -0.135. The number of hydrogen-bond acceptors (Lipinski definition) is 5. The maximum Gasteiger partial charge on any atom is 0.224 e. The summed E-state index contributed by atoms with van der Waals surface area (Å²) in [5, 5.41) is 0. The molecule has 1 saturated heterocycles. The van der Waals surface area contributed by atoms with E-state index in [0.717, 1.165) is 5.56 Å². The van der Waals surface area contributed by atoms with Crippen molar-refractivity contribution in [2.75, 3.05) is 38.3 Å². The second kappa shape index (κ2) is 9.85. The van der Waals surface area contributed by atoms with E-state index in [9.17, 15) is 18.0 Å². The number of carbonyl (C=O) groups excluding carboxylic acids is 2. The molecule has 2 amide bonds. The Morgan fingerprint density at radius 3 is 2.44 bits per heavy atom. The van der Waals surface area contributed by atoms with Crippen LogP contribution in [-0.2, 0) is 30.7 Å². The molecule has 0 radical (unpaired) electrons. The summed E-state index contributed by atoms with van der Waals surface area (Å²) in [5.74, 6) is -0.128. The SMILES string of the molecule is COCCN(C(=O)CCN(Cc1ccccc1)C(C)=O)[C@H]1CCS(=O)(=O)C1. The standard InChI is InChI=1S/C19H28N2O5S/c1-16(22)20(14-17-6-4-3-5-7-17)10-8-19(23)21(11-12-26-2)18-9-13-27(24,25)15-18/h3-7,18H,8-15H2,1-2H3/t18-/m0/s1. The number of ether oxygens (including phenoxy) is 1. The summed E-state index contributed by atoms with van der Waals surface area (Å²) >= 11 is 0. The van der Waals surface area contributed by atoms with Crippen LogP contribution in [0.4, 0.5) is 0 Å². The molecular formula is C19H28N2O5S. The second-order valence-corrected chi connectivity index (χ2v) is 9.04. The summed E-state index contributed by atoms with van der Waals surface area (Å²) in [5.41, 5.74) is 0.998. The maximum atomic E-state index is 12.8.